The van der Waals surface area contributed by atoms with Crippen LogP contribution in [0.25, 0.3) is 0 Å². The van der Waals surface area contributed by atoms with E-state index in [2.05, 4.69) is 15.2 Å². The maximum Gasteiger partial charge on any atom is 0.237 e. The van der Waals surface area contributed by atoms with Crippen LogP contribution in [-0.4, -0.2) is 53.2 Å². The smallest absolute Gasteiger partial charge is 0.237 e. The molecular formula is C20H23N5O3S. The Morgan fingerprint density at radius 1 is 1.14 bits per heavy atom. The number of rotatable bonds is 6. The molecule has 1 aromatic carbocycles. The Hall–Kier alpha value is -2.73. The number of nitrogens with one attached hydrogen (secondary N) is 1. The lowest BCUT2D eigenvalue weighted by molar-refractivity contribution is -0.129. The van der Waals surface area contributed by atoms with Gasteiger partial charge in [-0.2, -0.15) is 10.4 Å². The van der Waals surface area contributed by atoms with E-state index in [0.717, 1.165) is 37.3 Å². The molecule has 0 radical (unpaired) electrons. The van der Waals surface area contributed by atoms with Crippen LogP contribution in [0.2, 0.25) is 0 Å². The maximum atomic E-state index is 12.5. The summed E-state index contributed by atoms with van der Waals surface area (Å²) in [6.45, 7) is 1.05. The number of aromatic amines is 1. The largest absolute Gasteiger partial charge is 0.342 e. The molecule has 1 amide bonds. The van der Waals surface area contributed by atoms with E-state index in [1.807, 2.05) is 6.07 Å². The van der Waals surface area contributed by atoms with Gasteiger partial charge in [-0.3, -0.25) is 9.89 Å². The van der Waals surface area contributed by atoms with E-state index >= 15 is 0 Å². The third-order valence-electron chi connectivity index (χ3n) is 5.51. The lowest BCUT2D eigenvalue weighted by Gasteiger charge is -2.31. The summed E-state index contributed by atoms with van der Waals surface area (Å²) in [4.78, 5) is 18.7. The van der Waals surface area contributed by atoms with Gasteiger partial charge in [-0.25, -0.2) is 13.4 Å². The van der Waals surface area contributed by atoms with Crippen LogP contribution in [0.15, 0.2) is 24.3 Å². The Balaban J connectivity index is 1.29. The van der Waals surface area contributed by atoms with Crippen molar-refractivity contribution in [1.29, 1.82) is 5.26 Å². The van der Waals surface area contributed by atoms with Crippen molar-refractivity contribution < 1.29 is 13.2 Å². The highest BCUT2D eigenvalue weighted by atomic mass is 32.2. The van der Waals surface area contributed by atoms with Gasteiger partial charge in [0.1, 0.15) is 11.6 Å². The summed E-state index contributed by atoms with van der Waals surface area (Å²) in [5.41, 5.74) is 1.05. The van der Waals surface area contributed by atoms with Gasteiger partial charge in [-0.15, -0.1) is 0 Å². The number of likely N-dealkylation sites (tertiary alicyclic amines) is 1. The molecule has 2 heterocycles. The fourth-order valence-corrected chi connectivity index (χ4v) is 5.02. The summed E-state index contributed by atoms with van der Waals surface area (Å²) in [6.07, 6.45) is 3.81. The van der Waals surface area contributed by atoms with Gasteiger partial charge in [0.15, 0.2) is 15.7 Å². The van der Waals surface area contributed by atoms with Gasteiger partial charge in [0.25, 0.3) is 0 Å². The first-order valence-electron chi connectivity index (χ1n) is 9.83. The van der Waals surface area contributed by atoms with Crippen LogP contribution in [-0.2, 0) is 20.4 Å². The molecule has 29 heavy (non-hydrogen) atoms. The van der Waals surface area contributed by atoms with E-state index in [1.54, 1.807) is 29.2 Å². The molecule has 0 atom stereocenters. The first-order valence-corrected chi connectivity index (χ1v) is 11.6. The van der Waals surface area contributed by atoms with E-state index in [1.165, 1.54) is 0 Å². The average Bonchev–Trinajstić information content (AvgIpc) is 3.45. The average molecular weight is 414 g/mol. The molecule has 0 spiro atoms. The fourth-order valence-electron chi connectivity index (χ4n) is 3.66. The summed E-state index contributed by atoms with van der Waals surface area (Å²) in [5, 5.41) is 16.1. The van der Waals surface area contributed by atoms with Crippen molar-refractivity contribution >= 4 is 15.7 Å². The second-order valence-corrected chi connectivity index (χ2v) is 9.91. The Bertz CT molecular complexity index is 1030. The minimum atomic E-state index is -3.57. The van der Waals surface area contributed by atoms with Gasteiger partial charge in [-0.1, -0.05) is 12.1 Å². The van der Waals surface area contributed by atoms with Gasteiger partial charge in [0.2, 0.25) is 5.91 Å². The standard InChI is InChI=1S/C20H23N5O3S/c21-11-14-1-3-15(4-2-14)12-29(27,28)13-18(26)25-9-7-17(8-10-25)20-22-19(23-24-20)16-5-6-16/h1-4,16-17H,5-10,12-13H2,(H,22,23,24). The van der Waals surface area contributed by atoms with Gasteiger partial charge >= 0.3 is 0 Å². The second-order valence-electron chi connectivity index (χ2n) is 7.85. The third-order valence-corrected chi connectivity index (χ3v) is 6.97. The molecular weight excluding hydrogens is 390 g/mol. The van der Waals surface area contributed by atoms with Gasteiger partial charge in [0, 0.05) is 24.9 Å². The zero-order chi connectivity index (χ0) is 20.4. The molecule has 0 unspecified atom stereocenters. The van der Waals surface area contributed by atoms with Crippen molar-refractivity contribution in [3.63, 3.8) is 0 Å². The Labute approximate surface area is 169 Å². The molecule has 4 rings (SSSR count). The number of hydrogen-bond acceptors (Lipinski definition) is 6. The van der Waals surface area contributed by atoms with Crippen molar-refractivity contribution in [3.05, 3.63) is 47.0 Å². The van der Waals surface area contributed by atoms with Crippen LogP contribution in [0.3, 0.4) is 0 Å². The number of benzene rings is 1. The molecule has 1 N–H and O–H groups in total. The van der Waals surface area contributed by atoms with Crippen LogP contribution in [0, 0.1) is 11.3 Å². The topological polar surface area (TPSA) is 120 Å². The number of sulfone groups is 1. The number of hydrogen-bond donors (Lipinski definition) is 1. The summed E-state index contributed by atoms with van der Waals surface area (Å²) in [5.74, 6) is 1.46. The summed E-state index contributed by atoms with van der Waals surface area (Å²) < 4.78 is 24.9. The van der Waals surface area contributed by atoms with Crippen LogP contribution in [0.5, 0.6) is 0 Å². The van der Waals surface area contributed by atoms with Crippen molar-refractivity contribution in [2.75, 3.05) is 18.8 Å². The van der Waals surface area contributed by atoms with Crippen molar-refractivity contribution in [3.8, 4) is 6.07 Å². The molecule has 8 nitrogen and oxygen atoms in total. The van der Waals surface area contributed by atoms with E-state index in [-0.39, 0.29) is 17.6 Å². The first kappa shape index (κ1) is 19.6. The van der Waals surface area contributed by atoms with E-state index < -0.39 is 15.6 Å². The molecule has 2 aromatic rings. The van der Waals surface area contributed by atoms with Crippen LogP contribution >= 0.6 is 0 Å². The molecule has 0 bridgehead atoms. The van der Waals surface area contributed by atoms with Crippen LogP contribution in [0.1, 0.15) is 60.3 Å². The van der Waals surface area contributed by atoms with E-state index in [0.29, 0.717) is 30.1 Å². The summed E-state index contributed by atoms with van der Waals surface area (Å²) >= 11 is 0. The zero-order valence-corrected chi connectivity index (χ0v) is 16.9. The van der Waals surface area contributed by atoms with Gasteiger partial charge in [-0.05, 0) is 43.4 Å². The van der Waals surface area contributed by atoms with Crippen LogP contribution < -0.4 is 0 Å². The quantitative estimate of drug-likeness (QED) is 0.772. The normalized spacial score (nSPS) is 17.8. The highest BCUT2D eigenvalue weighted by Gasteiger charge is 2.31. The SMILES string of the molecule is N#Cc1ccc(CS(=O)(=O)CC(=O)N2CCC(c3nc(C4CC4)n[nH]3)CC2)cc1. The number of carbonyl (C=O) groups excluding carboxylic acids is 1. The number of aromatic nitrogens is 3. The Kier molecular flexibility index (Phi) is 5.37. The number of nitriles is 1. The molecule has 1 aromatic heterocycles. The maximum absolute atomic E-state index is 12.5. The molecule has 1 aliphatic carbocycles. The summed E-state index contributed by atoms with van der Waals surface area (Å²) in [6, 6.07) is 8.38. The minimum absolute atomic E-state index is 0.205. The first-order chi connectivity index (χ1) is 13.9. The molecule has 152 valence electrons. The predicted octanol–water partition coefficient (Wildman–Crippen LogP) is 1.87. The molecule has 2 fully saturated rings. The Morgan fingerprint density at radius 2 is 1.83 bits per heavy atom. The van der Waals surface area contributed by atoms with Crippen molar-refractivity contribution in [2.45, 2.75) is 43.3 Å². The molecule has 1 saturated carbocycles. The number of nitrogens with zero attached hydrogens (tertiary/aromatic N) is 4. The zero-order valence-electron chi connectivity index (χ0n) is 16.0. The molecule has 9 heteroatoms. The van der Waals surface area contributed by atoms with Crippen molar-refractivity contribution in [2.24, 2.45) is 0 Å². The molecule has 1 aliphatic heterocycles. The lowest BCUT2D eigenvalue weighted by Crippen LogP contribution is -2.41. The van der Waals surface area contributed by atoms with Gasteiger partial charge in [0.05, 0.1) is 17.4 Å². The molecule has 2 aliphatic rings. The number of piperidine rings is 1. The van der Waals surface area contributed by atoms with Crippen molar-refractivity contribution in [1.82, 2.24) is 20.1 Å². The molecule has 1 saturated heterocycles. The highest BCUT2D eigenvalue weighted by Crippen LogP contribution is 2.38. The highest BCUT2D eigenvalue weighted by molar-refractivity contribution is 7.91. The third kappa shape index (κ3) is 4.82. The lowest BCUT2D eigenvalue weighted by atomic mass is 9.96. The van der Waals surface area contributed by atoms with Gasteiger partial charge < -0.3 is 4.90 Å². The van der Waals surface area contributed by atoms with E-state index in [4.69, 9.17) is 5.26 Å². The minimum Gasteiger partial charge on any atom is -0.342 e. The number of amides is 1. The van der Waals surface area contributed by atoms with E-state index in [9.17, 15) is 13.2 Å². The number of H-pyrrole nitrogens is 1. The predicted molar refractivity (Wildman–Crippen MR) is 106 cm³/mol. The van der Waals surface area contributed by atoms with Crippen LogP contribution in [0.4, 0.5) is 0 Å². The monoisotopic (exact) mass is 413 g/mol. The summed E-state index contributed by atoms with van der Waals surface area (Å²) in [7, 11) is -3.57. The number of carbonyl (C=O) groups is 1. The fraction of sp³-hybridized carbons (Fsp3) is 0.500. The second kappa shape index (κ2) is 7.95. The Morgan fingerprint density at radius 3 is 2.45 bits per heavy atom.